The molecule has 3 aliphatic heterocycles. The van der Waals surface area contributed by atoms with Gasteiger partial charge in [-0.2, -0.15) is 0 Å². The molecule has 0 fully saturated rings. The van der Waals surface area contributed by atoms with Crippen LogP contribution >= 0.6 is 0 Å². The number of hydrogen-bond acceptors (Lipinski definition) is 7. The first-order chi connectivity index (χ1) is 16.0. The summed E-state index contributed by atoms with van der Waals surface area (Å²) >= 11 is 0. The molecule has 3 aromatic rings. The van der Waals surface area contributed by atoms with E-state index in [1.165, 1.54) is 0 Å². The van der Waals surface area contributed by atoms with Crippen LogP contribution in [0.4, 0.5) is 5.69 Å². The van der Waals surface area contributed by atoms with Crippen molar-refractivity contribution in [2.24, 2.45) is 0 Å². The van der Waals surface area contributed by atoms with Crippen LogP contribution in [0.25, 0.3) is 0 Å². The van der Waals surface area contributed by atoms with Crippen LogP contribution in [-0.4, -0.2) is 51.9 Å². The van der Waals surface area contributed by atoms with Crippen LogP contribution in [0.15, 0.2) is 36.4 Å². The highest BCUT2D eigenvalue weighted by Crippen LogP contribution is 2.54. The Morgan fingerprint density at radius 2 is 1.88 bits per heavy atom. The summed E-state index contributed by atoms with van der Waals surface area (Å²) in [5, 5.41) is 17.1. The number of carboxylic acid groups (broad SMARTS) is 1. The summed E-state index contributed by atoms with van der Waals surface area (Å²) in [4.78, 5) is 27.1. The first-order valence-electron chi connectivity index (χ1n) is 10.7. The largest absolute Gasteiger partial charge is 0.491 e. The zero-order chi connectivity index (χ0) is 22.7. The number of benzene rings is 2. The van der Waals surface area contributed by atoms with Gasteiger partial charge in [0.25, 0.3) is 0 Å². The molecule has 10 heteroatoms. The number of amides is 1. The fourth-order valence-electron chi connectivity index (χ4n) is 5.01. The van der Waals surface area contributed by atoms with Gasteiger partial charge in [-0.25, -0.2) is 9.48 Å². The SMILES string of the molecule is CCc1c(C(=O)O)nnn1CCN1C(=O)C2(COc3cc4c(cc32)OCO4)c2ccccc21. The van der Waals surface area contributed by atoms with E-state index in [0.29, 0.717) is 42.5 Å². The molecule has 10 nitrogen and oxygen atoms in total. The predicted molar refractivity (Wildman–Crippen MR) is 114 cm³/mol. The van der Waals surface area contributed by atoms with E-state index in [4.69, 9.17) is 14.2 Å². The van der Waals surface area contributed by atoms with Gasteiger partial charge in [0.05, 0.1) is 12.2 Å². The molecule has 1 unspecified atom stereocenters. The second-order valence-corrected chi connectivity index (χ2v) is 8.14. The number of anilines is 1. The first kappa shape index (κ1) is 19.6. The second-order valence-electron chi connectivity index (χ2n) is 8.14. The van der Waals surface area contributed by atoms with Gasteiger partial charge in [-0.05, 0) is 24.1 Å². The molecule has 1 atom stereocenters. The molecule has 1 aromatic heterocycles. The second kappa shape index (κ2) is 6.96. The lowest BCUT2D eigenvalue weighted by Gasteiger charge is -2.23. The molecule has 168 valence electrons. The molecule has 1 amide bonds. The summed E-state index contributed by atoms with van der Waals surface area (Å²) in [7, 11) is 0. The van der Waals surface area contributed by atoms with E-state index in [2.05, 4.69) is 10.3 Å². The lowest BCUT2D eigenvalue weighted by Crippen LogP contribution is -2.43. The van der Waals surface area contributed by atoms with Crippen LogP contribution in [0.2, 0.25) is 0 Å². The molecule has 6 rings (SSSR count). The normalized spacial score (nSPS) is 19.7. The Kier molecular flexibility index (Phi) is 4.13. The van der Waals surface area contributed by atoms with Crippen molar-refractivity contribution in [2.75, 3.05) is 24.8 Å². The maximum absolute atomic E-state index is 14.0. The molecule has 1 N–H and O–H groups in total. The first-order valence-corrected chi connectivity index (χ1v) is 10.7. The van der Waals surface area contributed by atoms with Crippen LogP contribution in [0, 0.1) is 0 Å². The number of ether oxygens (including phenoxy) is 3. The third-order valence-corrected chi connectivity index (χ3v) is 6.55. The van der Waals surface area contributed by atoms with Gasteiger partial charge in [-0.15, -0.1) is 5.10 Å². The molecule has 0 saturated carbocycles. The van der Waals surface area contributed by atoms with Gasteiger partial charge in [0.1, 0.15) is 17.8 Å². The maximum atomic E-state index is 14.0. The molecule has 0 bridgehead atoms. The number of aromatic nitrogens is 3. The minimum atomic E-state index is -1.11. The summed E-state index contributed by atoms with van der Waals surface area (Å²) in [5.41, 5.74) is 1.92. The number of rotatable bonds is 5. The topological polar surface area (TPSA) is 116 Å². The molecule has 4 heterocycles. The third kappa shape index (κ3) is 2.60. The number of fused-ring (bicyclic) bond motifs is 5. The van der Waals surface area contributed by atoms with Crippen molar-refractivity contribution in [1.29, 1.82) is 0 Å². The summed E-state index contributed by atoms with van der Waals surface area (Å²) in [6.07, 6.45) is 0.470. The Labute approximate surface area is 188 Å². The van der Waals surface area contributed by atoms with Crippen molar-refractivity contribution in [3.63, 3.8) is 0 Å². The van der Waals surface area contributed by atoms with Gasteiger partial charge in [-0.3, -0.25) is 4.79 Å². The number of hydrogen-bond donors (Lipinski definition) is 1. The fraction of sp³-hybridized carbons (Fsp3) is 0.304. The van der Waals surface area contributed by atoms with E-state index in [-0.39, 0.29) is 25.0 Å². The predicted octanol–water partition coefficient (Wildman–Crippen LogP) is 1.99. The molecule has 3 aliphatic rings. The average Bonchev–Trinajstić information content (AvgIpc) is 3.57. The van der Waals surface area contributed by atoms with E-state index in [1.54, 1.807) is 15.6 Å². The summed E-state index contributed by atoms with van der Waals surface area (Å²) in [6.45, 7) is 2.80. The lowest BCUT2D eigenvalue weighted by atomic mass is 9.77. The van der Waals surface area contributed by atoms with Gasteiger partial charge in [0, 0.05) is 23.9 Å². The van der Waals surface area contributed by atoms with Crippen LogP contribution < -0.4 is 19.1 Å². The van der Waals surface area contributed by atoms with Crippen LogP contribution in [0.5, 0.6) is 17.2 Å². The number of carbonyl (C=O) groups is 2. The molecular weight excluding hydrogens is 428 g/mol. The van der Waals surface area contributed by atoms with Crippen LogP contribution in [0.3, 0.4) is 0 Å². The fourth-order valence-corrected chi connectivity index (χ4v) is 5.01. The van der Waals surface area contributed by atoms with E-state index in [9.17, 15) is 14.7 Å². The van der Waals surface area contributed by atoms with Gasteiger partial charge in [0.2, 0.25) is 12.7 Å². The van der Waals surface area contributed by atoms with Gasteiger partial charge in [0.15, 0.2) is 17.2 Å². The monoisotopic (exact) mass is 448 g/mol. The highest BCUT2D eigenvalue weighted by molar-refractivity contribution is 6.11. The number of carboxylic acids is 1. The number of para-hydroxylation sites is 1. The van der Waals surface area contributed by atoms with E-state index < -0.39 is 11.4 Å². The van der Waals surface area contributed by atoms with Crippen molar-refractivity contribution in [3.8, 4) is 17.2 Å². The van der Waals surface area contributed by atoms with Crippen molar-refractivity contribution in [2.45, 2.75) is 25.3 Å². The molecule has 0 saturated heterocycles. The van der Waals surface area contributed by atoms with E-state index in [1.807, 2.05) is 37.3 Å². The molecule has 0 radical (unpaired) electrons. The molecule has 33 heavy (non-hydrogen) atoms. The quantitative estimate of drug-likeness (QED) is 0.630. The Morgan fingerprint density at radius 3 is 2.67 bits per heavy atom. The van der Waals surface area contributed by atoms with E-state index >= 15 is 0 Å². The zero-order valence-corrected chi connectivity index (χ0v) is 17.8. The van der Waals surface area contributed by atoms with Crippen LogP contribution in [0.1, 0.15) is 34.2 Å². The molecule has 0 aliphatic carbocycles. The van der Waals surface area contributed by atoms with Crippen molar-refractivity contribution in [3.05, 3.63) is 58.9 Å². The van der Waals surface area contributed by atoms with Gasteiger partial charge >= 0.3 is 5.97 Å². The Morgan fingerprint density at radius 1 is 1.09 bits per heavy atom. The smallest absolute Gasteiger partial charge is 0.358 e. The number of carbonyl (C=O) groups excluding carboxylic acids is 1. The maximum Gasteiger partial charge on any atom is 0.358 e. The Balaban J connectivity index is 1.38. The standard InChI is InChI=1S/C23H20N4O6/c1-2-15-20(21(28)29)24-25-27(15)8-7-26-16-6-4-3-5-13(16)23(22(26)30)11-31-17-10-19-18(9-14(17)23)32-12-33-19/h3-6,9-10H,2,7-8,11-12H2,1H3,(H,28,29). The van der Waals surface area contributed by atoms with Crippen molar-refractivity contribution < 1.29 is 28.9 Å². The summed E-state index contributed by atoms with van der Waals surface area (Å²) in [6, 6.07) is 11.3. The highest BCUT2D eigenvalue weighted by Gasteiger charge is 2.57. The van der Waals surface area contributed by atoms with Crippen molar-refractivity contribution in [1.82, 2.24) is 15.0 Å². The highest BCUT2D eigenvalue weighted by atomic mass is 16.7. The minimum Gasteiger partial charge on any atom is -0.491 e. The van der Waals surface area contributed by atoms with Crippen LogP contribution in [-0.2, 0) is 23.2 Å². The molecule has 1 spiro atoms. The molecule has 2 aromatic carbocycles. The van der Waals surface area contributed by atoms with Crippen molar-refractivity contribution >= 4 is 17.6 Å². The number of aromatic carboxylic acids is 1. The third-order valence-electron chi connectivity index (χ3n) is 6.55. The summed E-state index contributed by atoms with van der Waals surface area (Å²) < 4.78 is 18.6. The average molecular weight is 448 g/mol. The zero-order valence-electron chi connectivity index (χ0n) is 17.8. The van der Waals surface area contributed by atoms with Gasteiger partial charge < -0.3 is 24.2 Å². The Bertz CT molecular complexity index is 1320. The minimum absolute atomic E-state index is 0.0590. The summed E-state index contributed by atoms with van der Waals surface area (Å²) in [5.74, 6) is 0.601. The lowest BCUT2D eigenvalue weighted by molar-refractivity contribution is -0.122. The Hall–Kier alpha value is -4.08. The van der Waals surface area contributed by atoms with E-state index in [0.717, 1.165) is 16.8 Å². The van der Waals surface area contributed by atoms with Gasteiger partial charge in [-0.1, -0.05) is 30.3 Å². The number of nitrogens with zero attached hydrogens (tertiary/aromatic N) is 4. The molecular formula is C23H20N4O6.